The molecular formula is C24H32Cl2N4O6S. The average molecular weight is 576 g/mol. The number of anilines is 1. The highest BCUT2D eigenvalue weighted by molar-refractivity contribution is 7.13. The van der Waals surface area contributed by atoms with Gasteiger partial charge in [-0.2, -0.15) is 0 Å². The van der Waals surface area contributed by atoms with Crippen LogP contribution >= 0.6 is 34.5 Å². The number of alkyl carbamates (subject to hydrolysis) is 1. The van der Waals surface area contributed by atoms with Crippen LogP contribution in [0.4, 0.5) is 10.6 Å². The van der Waals surface area contributed by atoms with Crippen LogP contribution in [-0.2, 0) is 23.8 Å². The first kappa shape index (κ1) is 30.8. The number of hydrogen-bond donors (Lipinski definition) is 3. The maximum Gasteiger partial charge on any atom is 0.407 e. The van der Waals surface area contributed by atoms with Gasteiger partial charge in [-0.3, -0.25) is 9.59 Å². The number of rotatable bonds is 14. The molecule has 13 heteroatoms. The van der Waals surface area contributed by atoms with Crippen molar-refractivity contribution in [3.8, 4) is 10.6 Å². The second kappa shape index (κ2) is 15.7. The highest BCUT2D eigenvalue weighted by Crippen LogP contribution is 2.31. The number of aromatic nitrogens is 1. The minimum absolute atomic E-state index is 0.109. The molecule has 2 aromatic rings. The van der Waals surface area contributed by atoms with E-state index in [0.29, 0.717) is 47.0 Å². The molecule has 1 aromatic carbocycles. The zero-order valence-electron chi connectivity index (χ0n) is 21.0. The zero-order chi connectivity index (χ0) is 27.3. The molecule has 0 aliphatic carbocycles. The Morgan fingerprint density at radius 1 is 0.973 bits per heavy atom. The van der Waals surface area contributed by atoms with Gasteiger partial charge in [0.05, 0.1) is 29.9 Å². The fourth-order valence-electron chi connectivity index (χ4n) is 2.75. The molecular weight excluding hydrogens is 543 g/mol. The average Bonchev–Trinajstić information content (AvgIpc) is 3.27. The number of thiazole rings is 1. The maximum atomic E-state index is 12.2. The van der Waals surface area contributed by atoms with E-state index in [-0.39, 0.29) is 38.1 Å². The normalized spacial score (nSPS) is 11.2. The Kier molecular flexibility index (Phi) is 13.1. The molecule has 0 radical (unpaired) electrons. The Morgan fingerprint density at radius 3 is 2.46 bits per heavy atom. The third kappa shape index (κ3) is 13.1. The van der Waals surface area contributed by atoms with Crippen molar-refractivity contribution in [2.75, 3.05) is 44.8 Å². The van der Waals surface area contributed by atoms with Crippen molar-refractivity contribution in [3.63, 3.8) is 0 Å². The maximum absolute atomic E-state index is 12.2. The van der Waals surface area contributed by atoms with Gasteiger partial charge in [-0.25, -0.2) is 9.78 Å². The fraction of sp³-hybridized carbons (Fsp3) is 0.500. The van der Waals surface area contributed by atoms with Crippen LogP contribution in [0.2, 0.25) is 10.0 Å². The Balaban J connectivity index is 1.49. The van der Waals surface area contributed by atoms with Crippen molar-refractivity contribution in [1.29, 1.82) is 0 Å². The second-order valence-electron chi connectivity index (χ2n) is 8.76. The van der Waals surface area contributed by atoms with Gasteiger partial charge in [0, 0.05) is 30.5 Å². The van der Waals surface area contributed by atoms with E-state index in [2.05, 4.69) is 20.9 Å². The second-order valence-corrected chi connectivity index (χ2v) is 10.4. The van der Waals surface area contributed by atoms with Gasteiger partial charge >= 0.3 is 6.09 Å². The number of nitrogens with one attached hydrogen (secondary N) is 3. The van der Waals surface area contributed by atoms with Gasteiger partial charge in [0.1, 0.15) is 23.0 Å². The largest absolute Gasteiger partial charge is 0.444 e. The van der Waals surface area contributed by atoms with Crippen molar-refractivity contribution in [1.82, 2.24) is 15.6 Å². The van der Waals surface area contributed by atoms with Crippen LogP contribution in [0.5, 0.6) is 0 Å². The molecule has 0 fully saturated rings. The highest BCUT2D eigenvalue weighted by Gasteiger charge is 2.15. The lowest BCUT2D eigenvalue weighted by atomic mass is 10.2. The summed E-state index contributed by atoms with van der Waals surface area (Å²) in [5.41, 5.74) is 0.263. The molecule has 0 spiro atoms. The summed E-state index contributed by atoms with van der Waals surface area (Å²) in [6, 6.07) is 5.23. The van der Waals surface area contributed by atoms with Crippen molar-refractivity contribution >= 4 is 58.3 Å². The summed E-state index contributed by atoms with van der Waals surface area (Å²) in [6.07, 6.45) is 0.194. The summed E-state index contributed by atoms with van der Waals surface area (Å²) in [4.78, 5) is 39.8. The van der Waals surface area contributed by atoms with Gasteiger partial charge in [0.2, 0.25) is 11.8 Å². The Morgan fingerprint density at radius 2 is 1.73 bits per heavy atom. The lowest BCUT2D eigenvalue weighted by molar-refractivity contribution is -0.126. The van der Waals surface area contributed by atoms with Crippen molar-refractivity contribution < 1.29 is 28.6 Å². The lowest BCUT2D eigenvalue weighted by Gasteiger charge is -2.19. The summed E-state index contributed by atoms with van der Waals surface area (Å²) in [7, 11) is 0. The first-order chi connectivity index (χ1) is 17.5. The van der Waals surface area contributed by atoms with Crippen LogP contribution in [0.3, 0.4) is 0 Å². The molecule has 0 aliphatic rings. The van der Waals surface area contributed by atoms with E-state index >= 15 is 0 Å². The predicted molar refractivity (Wildman–Crippen MR) is 144 cm³/mol. The molecule has 37 heavy (non-hydrogen) atoms. The van der Waals surface area contributed by atoms with Gasteiger partial charge in [-0.15, -0.1) is 11.3 Å². The van der Waals surface area contributed by atoms with E-state index in [9.17, 15) is 14.4 Å². The van der Waals surface area contributed by atoms with Gasteiger partial charge < -0.3 is 30.2 Å². The fourth-order valence-corrected chi connectivity index (χ4v) is 3.80. The molecule has 1 heterocycles. The smallest absolute Gasteiger partial charge is 0.407 e. The number of hydrogen-bond acceptors (Lipinski definition) is 8. The van der Waals surface area contributed by atoms with E-state index in [1.165, 1.54) is 11.3 Å². The van der Waals surface area contributed by atoms with Crippen LogP contribution in [0.15, 0.2) is 23.6 Å². The standard InChI is InChI=1S/C24H32Cl2N4O6S/c1-24(2,3)36-23(33)28-9-10-34-11-12-35-14-21(32)27-8-4-5-20(31)29-19-15-37-22(30-19)16-6-7-17(25)18(26)13-16/h6-7,13,15H,4-5,8-12,14H2,1-3H3,(H,27,32)(H,28,33)(H,29,31). The first-order valence-electron chi connectivity index (χ1n) is 11.6. The summed E-state index contributed by atoms with van der Waals surface area (Å²) in [5.74, 6) is -0.0242. The van der Waals surface area contributed by atoms with Gasteiger partial charge in [-0.05, 0) is 39.3 Å². The molecule has 1 aromatic heterocycles. The number of benzene rings is 1. The monoisotopic (exact) mass is 574 g/mol. The highest BCUT2D eigenvalue weighted by atomic mass is 35.5. The van der Waals surface area contributed by atoms with Crippen molar-refractivity contribution in [2.24, 2.45) is 0 Å². The summed E-state index contributed by atoms with van der Waals surface area (Å²) in [5, 5.41) is 11.4. The molecule has 0 saturated heterocycles. The van der Waals surface area contributed by atoms with E-state index in [4.69, 9.17) is 37.4 Å². The minimum Gasteiger partial charge on any atom is -0.444 e. The predicted octanol–water partition coefficient (Wildman–Crippen LogP) is 4.51. The molecule has 0 bridgehead atoms. The molecule has 204 valence electrons. The summed E-state index contributed by atoms with van der Waals surface area (Å²) in [6.45, 7) is 6.72. The third-order valence-corrected chi connectivity index (χ3v) is 5.99. The van der Waals surface area contributed by atoms with E-state index < -0.39 is 11.7 Å². The number of carbonyl (C=O) groups is 3. The van der Waals surface area contributed by atoms with Crippen LogP contribution in [0, 0.1) is 0 Å². The van der Waals surface area contributed by atoms with Crippen molar-refractivity contribution in [3.05, 3.63) is 33.6 Å². The lowest BCUT2D eigenvalue weighted by Crippen LogP contribution is -2.34. The molecule has 0 atom stereocenters. The zero-order valence-corrected chi connectivity index (χ0v) is 23.4. The first-order valence-corrected chi connectivity index (χ1v) is 13.3. The van der Waals surface area contributed by atoms with Crippen molar-refractivity contribution in [2.45, 2.75) is 39.2 Å². The Labute approximate surface area is 230 Å². The molecule has 0 saturated carbocycles. The summed E-state index contributed by atoms with van der Waals surface area (Å²) < 4.78 is 15.7. The van der Waals surface area contributed by atoms with Crippen LogP contribution in [0.1, 0.15) is 33.6 Å². The van der Waals surface area contributed by atoms with E-state index in [1.807, 2.05) is 6.07 Å². The number of nitrogens with zero attached hydrogens (tertiary/aromatic N) is 1. The third-order valence-electron chi connectivity index (χ3n) is 4.36. The molecule has 3 amide bonds. The quantitative estimate of drug-likeness (QED) is 0.283. The van der Waals surface area contributed by atoms with Crippen LogP contribution in [-0.4, -0.2) is 68.0 Å². The van der Waals surface area contributed by atoms with E-state index in [1.54, 1.807) is 38.3 Å². The molecule has 0 aliphatic heterocycles. The number of carbonyl (C=O) groups excluding carboxylic acids is 3. The Hall–Kier alpha value is -2.44. The van der Waals surface area contributed by atoms with Crippen LogP contribution in [0.25, 0.3) is 10.6 Å². The molecule has 2 rings (SSSR count). The number of halogens is 2. The van der Waals surface area contributed by atoms with Crippen LogP contribution < -0.4 is 16.0 Å². The molecule has 3 N–H and O–H groups in total. The Bertz CT molecular complexity index is 1040. The van der Waals surface area contributed by atoms with Gasteiger partial charge in [0.15, 0.2) is 0 Å². The van der Waals surface area contributed by atoms with E-state index in [0.717, 1.165) is 5.56 Å². The van der Waals surface area contributed by atoms with Gasteiger partial charge in [-0.1, -0.05) is 29.3 Å². The van der Waals surface area contributed by atoms with Gasteiger partial charge in [0.25, 0.3) is 0 Å². The number of ether oxygens (including phenoxy) is 3. The molecule has 0 unspecified atom stereocenters. The topological polar surface area (TPSA) is 128 Å². The summed E-state index contributed by atoms with van der Waals surface area (Å²) >= 11 is 13.4. The number of amides is 3. The minimum atomic E-state index is -0.549. The molecule has 10 nitrogen and oxygen atoms in total. The SMILES string of the molecule is CC(C)(C)OC(=O)NCCOCCOCC(=O)NCCCC(=O)Nc1csc(-c2ccc(Cl)c(Cl)c2)n1.